The number of nitrogens with one attached hydrogen (secondary N) is 1. The molecule has 1 saturated heterocycles. The third kappa shape index (κ3) is 4.61. The molecule has 1 aliphatic heterocycles. The lowest BCUT2D eigenvalue weighted by Gasteiger charge is -2.30. The maximum absolute atomic E-state index is 5.64. The zero-order valence-electron chi connectivity index (χ0n) is 21.0. The fraction of sp³-hybridized carbons (Fsp3) is 0.536. The van der Waals surface area contributed by atoms with E-state index in [2.05, 4.69) is 52.1 Å². The van der Waals surface area contributed by atoms with Crippen LogP contribution in [-0.4, -0.2) is 48.8 Å². The van der Waals surface area contributed by atoms with Gasteiger partial charge >= 0.3 is 0 Å². The molecule has 34 heavy (non-hydrogen) atoms. The summed E-state index contributed by atoms with van der Waals surface area (Å²) in [4.78, 5) is 7.45. The Morgan fingerprint density at radius 3 is 2.59 bits per heavy atom. The van der Waals surface area contributed by atoms with Gasteiger partial charge < -0.3 is 24.1 Å². The van der Waals surface area contributed by atoms with Gasteiger partial charge in [-0.1, -0.05) is 19.3 Å². The summed E-state index contributed by atoms with van der Waals surface area (Å²) >= 11 is 0. The second kappa shape index (κ2) is 9.87. The molecule has 182 valence electrons. The Hall–Kier alpha value is -2.73. The molecule has 3 aromatic rings. The van der Waals surface area contributed by atoms with Crippen molar-refractivity contribution in [2.75, 3.05) is 32.2 Å². The van der Waals surface area contributed by atoms with Crippen molar-refractivity contribution in [2.45, 2.75) is 64.5 Å². The van der Waals surface area contributed by atoms with Crippen LogP contribution >= 0.6 is 0 Å². The van der Waals surface area contributed by atoms with Gasteiger partial charge in [0.25, 0.3) is 0 Å². The third-order valence-electron chi connectivity index (χ3n) is 7.85. The first-order valence-corrected chi connectivity index (χ1v) is 12.8. The third-order valence-corrected chi connectivity index (χ3v) is 7.85. The molecule has 1 N–H and O–H groups in total. The predicted octanol–water partition coefficient (Wildman–Crippen LogP) is 5.46. The molecule has 1 saturated carbocycles. The van der Waals surface area contributed by atoms with Gasteiger partial charge in [-0.2, -0.15) is 0 Å². The van der Waals surface area contributed by atoms with E-state index in [0.717, 1.165) is 53.0 Å². The molecular weight excluding hydrogens is 424 g/mol. The largest absolute Gasteiger partial charge is 0.496 e. The van der Waals surface area contributed by atoms with Crippen LogP contribution in [0.25, 0.3) is 16.9 Å². The zero-order chi connectivity index (χ0) is 23.7. The average molecular weight is 463 g/mol. The van der Waals surface area contributed by atoms with Gasteiger partial charge in [-0.25, -0.2) is 4.98 Å². The van der Waals surface area contributed by atoms with Gasteiger partial charge in [0.1, 0.15) is 17.1 Å². The molecule has 2 aliphatic rings. The highest BCUT2D eigenvalue weighted by atomic mass is 16.5. The van der Waals surface area contributed by atoms with E-state index in [1.54, 1.807) is 14.2 Å². The summed E-state index contributed by atoms with van der Waals surface area (Å²) < 4.78 is 13.2. The summed E-state index contributed by atoms with van der Waals surface area (Å²) in [5.41, 5.74) is 5.15. The van der Waals surface area contributed by atoms with Crippen molar-refractivity contribution in [3.05, 3.63) is 42.2 Å². The van der Waals surface area contributed by atoms with Gasteiger partial charge in [-0.05, 0) is 56.7 Å². The summed E-state index contributed by atoms with van der Waals surface area (Å²) in [6.07, 6.45) is 12.4. The minimum atomic E-state index is 0.565. The summed E-state index contributed by atoms with van der Waals surface area (Å²) in [5.74, 6) is 2.44. The van der Waals surface area contributed by atoms with Crippen molar-refractivity contribution in [2.24, 2.45) is 5.92 Å². The van der Waals surface area contributed by atoms with Crippen LogP contribution in [0.3, 0.4) is 0 Å². The topological polar surface area (TPSA) is 51.0 Å². The number of benzene rings is 1. The monoisotopic (exact) mass is 462 g/mol. The molecule has 1 aliphatic carbocycles. The van der Waals surface area contributed by atoms with Crippen LogP contribution in [0.15, 0.2) is 36.7 Å². The Bertz CT molecular complexity index is 1130. The molecule has 2 atom stereocenters. The van der Waals surface area contributed by atoms with Crippen LogP contribution in [-0.2, 0) is 0 Å². The second-order valence-electron chi connectivity index (χ2n) is 10.1. The number of anilines is 1. The summed E-state index contributed by atoms with van der Waals surface area (Å²) in [6, 6.07) is 9.62. The van der Waals surface area contributed by atoms with Crippen molar-refractivity contribution in [3.63, 3.8) is 0 Å². The standard InChI is InChI=1S/C28H38N4O2/c1-19-14-24(27(34-4)16-26(19)33-3)25-18-32-13-11-23(15-28(32)30-25)31-12-10-22(17-31)29-20(2)21-8-6-5-7-9-21/h11,13-16,18,20-22,29H,5-10,12,17H2,1-4H3. The average Bonchev–Trinajstić information content (AvgIpc) is 3.51. The number of imidazole rings is 1. The number of rotatable bonds is 7. The number of aromatic nitrogens is 2. The van der Waals surface area contributed by atoms with Crippen molar-refractivity contribution in [1.82, 2.24) is 14.7 Å². The van der Waals surface area contributed by atoms with E-state index in [1.165, 1.54) is 44.2 Å². The molecule has 0 radical (unpaired) electrons. The summed E-state index contributed by atoms with van der Waals surface area (Å²) in [7, 11) is 3.37. The molecule has 0 amide bonds. The maximum Gasteiger partial charge on any atom is 0.139 e. The fourth-order valence-electron chi connectivity index (χ4n) is 5.83. The van der Waals surface area contributed by atoms with Gasteiger partial charge in [-0.15, -0.1) is 0 Å². The minimum Gasteiger partial charge on any atom is -0.496 e. The predicted molar refractivity (Wildman–Crippen MR) is 138 cm³/mol. The zero-order valence-corrected chi connectivity index (χ0v) is 21.0. The number of pyridine rings is 1. The molecule has 3 heterocycles. The molecule has 0 bridgehead atoms. The normalized spacial score (nSPS) is 20.1. The minimum absolute atomic E-state index is 0.565. The van der Waals surface area contributed by atoms with E-state index in [-0.39, 0.29) is 0 Å². The van der Waals surface area contributed by atoms with Crippen LogP contribution in [0.2, 0.25) is 0 Å². The highest BCUT2D eigenvalue weighted by Crippen LogP contribution is 2.36. The van der Waals surface area contributed by atoms with E-state index in [9.17, 15) is 0 Å². The lowest BCUT2D eigenvalue weighted by Crippen LogP contribution is -2.43. The highest BCUT2D eigenvalue weighted by molar-refractivity contribution is 5.72. The number of ether oxygens (including phenoxy) is 2. The van der Waals surface area contributed by atoms with Crippen molar-refractivity contribution in [1.29, 1.82) is 0 Å². The number of fused-ring (bicyclic) bond motifs is 1. The molecule has 0 spiro atoms. The van der Waals surface area contributed by atoms with E-state index in [0.29, 0.717) is 12.1 Å². The first-order valence-electron chi connectivity index (χ1n) is 12.8. The Morgan fingerprint density at radius 1 is 1.03 bits per heavy atom. The first-order chi connectivity index (χ1) is 16.6. The Morgan fingerprint density at radius 2 is 1.82 bits per heavy atom. The van der Waals surface area contributed by atoms with E-state index in [1.807, 2.05) is 13.0 Å². The molecule has 2 fully saturated rings. The van der Waals surface area contributed by atoms with E-state index >= 15 is 0 Å². The number of hydrogen-bond donors (Lipinski definition) is 1. The molecule has 1 aromatic carbocycles. The first kappa shape index (κ1) is 23.0. The highest BCUT2D eigenvalue weighted by Gasteiger charge is 2.27. The van der Waals surface area contributed by atoms with Gasteiger partial charge in [0.2, 0.25) is 0 Å². The lowest BCUT2D eigenvalue weighted by molar-refractivity contribution is 0.267. The molecule has 6 heteroatoms. The second-order valence-corrected chi connectivity index (χ2v) is 10.1. The SMILES string of the molecule is COc1cc(OC)c(-c2cn3ccc(N4CCC(NC(C)C5CCCCC5)C4)cc3n2)cc1C. The van der Waals surface area contributed by atoms with Crippen LogP contribution < -0.4 is 19.7 Å². The Kier molecular flexibility index (Phi) is 6.68. The van der Waals surface area contributed by atoms with Crippen LogP contribution in [0.5, 0.6) is 11.5 Å². The molecule has 2 unspecified atom stereocenters. The molecule has 2 aromatic heterocycles. The van der Waals surface area contributed by atoms with Crippen LogP contribution in [0.4, 0.5) is 5.69 Å². The van der Waals surface area contributed by atoms with Crippen molar-refractivity contribution >= 4 is 11.3 Å². The maximum atomic E-state index is 5.64. The Labute approximate surface area is 203 Å². The molecule has 5 rings (SSSR count). The van der Waals surface area contributed by atoms with Crippen LogP contribution in [0.1, 0.15) is 51.0 Å². The van der Waals surface area contributed by atoms with Crippen molar-refractivity contribution < 1.29 is 9.47 Å². The number of hydrogen-bond acceptors (Lipinski definition) is 5. The summed E-state index contributed by atoms with van der Waals surface area (Å²) in [5, 5.41) is 3.95. The summed E-state index contributed by atoms with van der Waals surface area (Å²) in [6.45, 7) is 6.59. The van der Waals surface area contributed by atoms with E-state index < -0.39 is 0 Å². The van der Waals surface area contributed by atoms with Gasteiger partial charge in [-0.3, -0.25) is 0 Å². The number of methoxy groups -OCH3 is 2. The smallest absolute Gasteiger partial charge is 0.139 e. The van der Waals surface area contributed by atoms with Gasteiger partial charge in [0.15, 0.2) is 0 Å². The van der Waals surface area contributed by atoms with Crippen LogP contribution in [0, 0.1) is 12.8 Å². The Balaban J connectivity index is 1.31. The molecular formula is C28H38N4O2. The van der Waals surface area contributed by atoms with Crippen molar-refractivity contribution in [3.8, 4) is 22.8 Å². The van der Waals surface area contributed by atoms with E-state index in [4.69, 9.17) is 14.5 Å². The van der Waals surface area contributed by atoms with Gasteiger partial charge in [0, 0.05) is 61.0 Å². The fourth-order valence-corrected chi connectivity index (χ4v) is 5.83. The lowest BCUT2D eigenvalue weighted by atomic mass is 9.84. The number of aryl methyl sites for hydroxylation is 1. The quantitative estimate of drug-likeness (QED) is 0.505. The number of nitrogens with zero attached hydrogens (tertiary/aromatic N) is 3. The molecule has 6 nitrogen and oxygen atoms in total. The van der Waals surface area contributed by atoms with Gasteiger partial charge in [0.05, 0.1) is 19.9 Å².